The number of hydrogen-bond donors (Lipinski definition) is 0. The SMILES string of the molecule is C1=CCC(C2=CC3C=C(C4=CCCC=C4)C=C4c5cc6c(-c7ccccc7)c7c(c(-c8ccccc8)c6cc5C(=C2)C43)-c2cc3cccc4ccc5ccc-7c2c5c43)C=C1. The van der Waals surface area contributed by atoms with Gasteiger partial charge < -0.3 is 0 Å². The molecule has 8 aromatic rings. The van der Waals surface area contributed by atoms with Gasteiger partial charge in [0.15, 0.2) is 0 Å². The second kappa shape index (κ2) is 12.3. The summed E-state index contributed by atoms with van der Waals surface area (Å²) in [6.45, 7) is 0. The van der Waals surface area contributed by atoms with E-state index in [2.05, 4.69) is 188 Å². The first kappa shape index (κ1) is 32.9. The zero-order valence-corrected chi connectivity index (χ0v) is 33.3. The second-order valence-electron chi connectivity index (χ2n) is 17.7. The van der Waals surface area contributed by atoms with Crippen LogP contribution in [-0.4, -0.2) is 0 Å². The maximum Gasteiger partial charge on any atom is 0.0200 e. The average Bonchev–Trinajstić information content (AvgIpc) is 3.81. The summed E-state index contributed by atoms with van der Waals surface area (Å²) in [4.78, 5) is 0. The highest BCUT2D eigenvalue weighted by molar-refractivity contribution is 6.36. The lowest BCUT2D eigenvalue weighted by molar-refractivity contribution is 0.670. The first-order valence-electron chi connectivity index (χ1n) is 21.8. The van der Waals surface area contributed by atoms with E-state index in [9.17, 15) is 0 Å². The normalized spacial score (nSPS) is 20.6. The molecular weight excluding hydrogens is 721 g/mol. The Labute approximate surface area is 350 Å². The Kier molecular flexibility index (Phi) is 6.72. The molecule has 0 N–H and O–H groups in total. The highest BCUT2D eigenvalue weighted by Crippen LogP contribution is 2.62. The van der Waals surface area contributed by atoms with Crippen molar-refractivity contribution >= 4 is 54.2 Å². The van der Waals surface area contributed by atoms with Crippen LogP contribution in [0.3, 0.4) is 0 Å². The molecule has 0 aromatic heterocycles. The molecule has 280 valence electrons. The van der Waals surface area contributed by atoms with Gasteiger partial charge >= 0.3 is 0 Å². The molecule has 6 aliphatic rings. The number of hydrogen-bond acceptors (Lipinski definition) is 0. The van der Waals surface area contributed by atoms with Crippen LogP contribution in [0.15, 0.2) is 205 Å². The molecule has 0 nitrogen and oxygen atoms in total. The van der Waals surface area contributed by atoms with E-state index in [4.69, 9.17) is 0 Å². The zero-order valence-electron chi connectivity index (χ0n) is 33.3. The molecule has 3 atom stereocenters. The molecule has 0 spiro atoms. The standard InChI is InChI=1S/C60H40/c1-5-14-35(15-6-1)42-28-44-29-43(36-16-7-2-8-17-36)32-49-47-34-51-50(33-46(47)48(31-42)54(44)49)55(37-18-9-3-10-19-37)59-45-27-26-40-25-24-39-22-13-23-41-30-52(58(45)57(40)53(39)41)60(59)56(51)38-20-11-4-12-21-38/h2-5,7-16,18-34,36,44,54H,1,6,17H2. The van der Waals surface area contributed by atoms with Crippen molar-refractivity contribution in [3.8, 4) is 44.5 Å². The van der Waals surface area contributed by atoms with Gasteiger partial charge in [0.25, 0.3) is 0 Å². The summed E-state index contributed by atoms with van der Waals surface area (Å²) >= 11 is 0. The summed E-state index contributed by atoms with van der Waals surface area (Å²) in [7, 11) is 0. The molecule has 3 unspecified atom stereocenters. The molecule has 0 saturated heterocycles. The zero-order chi connectivity index (χ0) is 39.1. The van der Waals surface area contributed by atoms with Crippen LogP contribution in [0.2, 0.25) is 0 Å². The monoisotopic (exact) mass is 760 g/mol. The third-order valence-corrected chi connectivity index (χ3v) is 14.5. The second-order valence-corrected chi connectivity index (χ2v) is 17.7. The minimum atomic E-state index is 0.303. The first-order valence-corrected chi connectivity index (χ1v) is 21.8. The van der Waals surface area contributed by atoms with Gasteiger partial charge in [-0.05, 0) is 164 Å². The van der Waals surface area contributed by atoms with Crippen molar-refractivity contribution in [2.24, 2.45) is 17.8 Å². The van der Waals surface area contributed by atoms with Gasteiger partial charge in [0, 0.05) is 17.8 Å². The minimum Gasteiger partial charge on any atom is -0.0836 e. The third-order valence-electron chi connectivity index (χ3n) is 14.5. The fourth-order valence-electron chi connectivity index (χ4n) is 12.0. The maximum atomic E-state index is 2.62. The number of fused-ring (bicyclic) bond motifs is 7. The Morgan fingerprint density at radius 3 is 1.88 bits per heavy atom. The van der Waals surface area contributed by atoms with Gasteiger partial charge in [-0.1, -0.05) is 170 Å². The van der Waals surface area contributed by atoms with Gasteiger partial charge in [-0.25, -0.2) is 0 Å². The molecular formula is C60H40. The summed E-state index contributed by atoms with van der Waals surface area (Å²) in [5.74, 6) is 0.999. The Hall–Kier alpha value is -7.02. The first-order chi connectivity index (χ1) is 29.8. The van der Waals surface area contributed by atoms with Crippen LogP contribution in [0.5, 0.6) is 0 Å². The van der Waals surface area contributed by atoms with Crippen LogP contribution >= 0.6 is 0 Å². The van der Waals surface area contributed by atoms with Gasteiger partial charge in [0.2, 0.25) is 0 Å². The van der Waals surface area contributed by atoms with Crippen LogP contribution in [0.1, 0.15) is 30.4 Å². The van der Waals surface area contributed by atoms with Crippen molar-refractivity contribution in [3.63, 3.8) is 0 Å². The maximum absolute atomic E-state index is 2.62. The van der Waals surface area contributed by atoms with Crippen molar-refractivity contribution < 1.29 is 0 Å². The Morgan fingerprint density at radius 2 is 1.17 bits per heavy atom. The number of allylic oxidation sites excluding steroid dienone is 16. The topological polar surface area (TPSA) is 0 Å². The smallest absolute Gasteiger partial charge is 0.0200 e. The Bertz CT molecular complexity index is 3480. The van der Waals surface area contributed by atoms with Crippen LogP contribution in [0, 0.1) is 17.8 Å². The predicted octanol–water partition coefficient (Wildman–Crippen LogP) is 16.0. The summed E-state index contributed by atoms with van der Waals surface area (Å²) in [6.07, 6.45) is 29.9. The van der Waals surface area contributed by atoms with E-state index in [0.29, 0.717) is 17.8 Å². The fraction of sp³-hybridized carbons (Fsp3) is 0.100. The lowest BCUT2D eigenvalue weighted by Gasteiger charge is -2.32. The molecule has 0 heteroatoms. The van der Waals surface area contributed by atoms with E-state index < -0.39 is 0 Å². The minimum absolute atomic E-state index is 0.303. The third kappa shape index (κ3) is 4.46. The summed E-state index contributed by atoms with van der Waals surface area (Å²) < 4.78 is 0. The van der Waals surface area contributed by atoms with Crippen LogP contribution in [0.4, 0.5) is 0 Å². The van der Waals surface area contributed by atoms with E-state index in [1.165, 1.54) is 127 Å². The summed E-state index contributed by atoms with van der Waals surface area (Å²) in [6, 6.07) is 46.5. The highest BCUT2D eigenvalue weighted by atomic mass is 14.4. The molecule has 0 bridgehead atoms. The fourth-order valence-corrected chi connectivity index (χ4v) is 12.0. The number of rotatable bonds is 4. The van der Waals surface area contributed by atoms with Crippen molar-refractivity contribution in [3.05, 3.63) is 216 Å². The van der Waals surface area contributed by atoms with Crippen LogP contribution in [-0.2, 0) is 0 Å². The molecule has 8 aromatic carbocycles. The van der Waals surface area contributed by atoms with E-state index in [1.807, 2.05) is 0 Å². The molecule has 0 fully saturated rings. The van der Waals surface area contributed by atoms with Gasteiger partial charge in [-0.15, -0.1) is 0 Å². The molecule has 0 radical (unpaired) electrons. The van der Waals surface area contributed by atoms with Gasteiger partial charge in [0.1, 0.15) is 0 Å². The lowest BCUT2D eigenvalue weighted by atomic mass is 9.71. The molecule has 0 amide bonds. The lowest BCUT2D eigenvalue weighted by Crippen LogP contribution is -2.19. The Balaban J connectivity index is 1.14. The molecule has 0 aliphatic heterocycles. The van der Waals surface area contributed by atoms with Gasteiger partial charge in [-0.3, -0.25) is 0 Å². The van der Waals surface area contributed by atoms with Crippen LogP contribution < -0.4 is 0 Å². The van der Waals surface area contributed by atoms with E-state index in [0.717, 1.165) is 19.3 Å². The highest BCUT2D eigenvalue weighted by Gasteiger charge is 2.42. The largest absolute Gasteiger partial charge is 0.0836 e. The quantitative estimate of drug-likeness (QED) is 0.157. The Morgan fingerprint density at radius 1 is 0.467 bits per heavy atom. The average molecular weight is 761 g/mol. The van der Waals surface area contributed by atoms with E-state index >= 15 is 0 Å². The molecule has 60 heavy (non-hydrogen) atoms. The summed E-state index contributed by atoms with van der Waals surface area (Å²) in [5, 5.41) is 10.8. The molecule has 0 heterocycles. The van der Waals surface area contributed by atoms with Crippen molar-refractivity contribution in [1.29, 1.82) is 0 Å². The molecule has 6 aliphatic carbocycles. The predicted molar refractivity (Wildman–Crippen MR) is 255 cm³/mol. The van der Waals surface area contributed by atoms with Crippen LogP contribution in [0.25, 0.3) is 98.7 Å². The van der Waals surface area contributed by atoms with E-state index in [1.54, 1.807) is 0 Å². The van der Waals surface area contributed by atoms with E-state index in [-0.39, 0.29) is 0 Å². The summed E-state index contributed by atoms with van der Waals surface area (Å²) in [5.41, 5.74) is 20.6. The van der Waals surface area contributed by atoms with Gasteiger partial charge in [0.05, 0.1) is 0 Å². The number of benzene rings is 8. The van der Waals surface area contributed by atoms with Gasteiger partial charge in [-0.2, -0.15) is 0 Å². The molecule has 0 saturated carbocycles. The molecule has 14 rings (SSSR count). The van der Waals surface area contributed by atoms with Crippen molar-refractivity contribution in [1.82, 2.24) is 0 Å². The van der Waals surface area contributed by atoms with Crippen molar-refractivity contribution in [2.45, 2.75) is 19.3 Å². The van der Waals surface area contributed by atoms with Crippen molar-refractivity contribution in [2.75, 3.05) is 0 Å².